The predicted molar refractivity (Wildman–Crippen MR) is 79.2 cm³/mol. The van der Waals surface area contributed by atoms with Crippen molar-refractivity contribution in [3.05, 3.63) is 22.7 Å². The maximum atomic E-state index is 5.73. The fraction of sp³-hybridized carbons (Fsp3) is 0.250. The van der Waals surface area contributed by atoms with Crippen molar-refractivity contribution in [3.63, 3.8) is 0 Å². The SMILES string of the molecule is COc1cc(Nc2nc(Cl)nc(Cl)n2)cc(OC)c1OC. The Morgan fingerprint density at radius 2 is 1.38 bits per heavy atom. The van der Waals surface area contributed by atoms with Crippen LogP contribution in [0.15, 0.2) is 12.1 Å². The first-order chi connectivity index (χ1) is 10.1. The molecular weight excluding hydrogens is 319 g/mol. The molecule has 0 spiro atoms. The maximum Gasteiger partial charge on any atom is 0.232 e. The number of hydrogen-bond donors (Lipinski definition) is 1. The van der Waals surface area contributed by atoms with E-state index in [9.17, 15) is 0 Å². The van der Waals surface area contributed by atoms with Gasteiger partial charge in [0.25, 0.3) is 0 Å². The molecule has 112 valence electrons. The van der Waals surface area contributed by atoms with E-state index in [1.165, 1.54) is 21.3 Å². The number of halogens is 2. The Balaban J connectivity index is 2.40. The lowest BCUT2D eigenvalue weighted by molar-refractivity contribution is 0.324. The van der Waals surface area contributed by atoms with Crippen LogP contribution < -0.4 is 19.5 Å². The van der Waals surface area contributed by atoms with Crippen molar-refractivity contribution >= 4 is 34.8 Å². The number of ether oxygens (including phenoxy) is 3. The fourth-order valence-corrected chi connectivity index (χ4v) is 2.03. The van der Waals surface area contributed by atoms with Crippen LogP contribution in [0, 0.1) is 0 Å². The summed E-state index contributed by atoms with van der Waals surface area (Å²) in [6, 6.07) is 3.40. The Hall–Kier alpha value is -1.99. The molecule has 0 unspecified atom stereocenters. The van der Waals surface area contributed by atoms with Gasteiger partial charge in [-0.1, -0.05) is 0 Å². The number of anilines is 2. The summed E-state index contributed by atoms with van der Waals surface area (Å²) in [5.74, 6) is 1.67. The molecule has 0 saturated carbocycles. The molecule has 2 rings (SSSR count). The van der Waals surface area contributed by atoms with Gasteiger partial charge >= 0.3 is 0 Å². The number of benzene rings is 1. The molecule has 21 heavy (non-hydrogen) atoms. The topological polar surface area (TPSA) is 78.4 Å². The number of methoxy groups -OCH3 is 3. The molecule has 0 saturated heterocycles. The number of rotatable bonds is 5. The van der Waals surface area contributed by atoms with Gasteiger partial charge in [-0.2, -0.15) is 15.0 Å². The third-order valence-corrected chi connectivity index (χ3v) is 2.84. The number of aromatic nitrogens is 3. The average Bonchev–Trinajstić information content (AvgIpc) is 2.45. The molecule has 0 bridgehead atoms. The third-order valence-electron chi connectivity index (χ3n) is 2.50. The van der Waals surface area contributed by atoms with Crippen molar-refractivity contribution in [3.8, 4) is 17.2 Å². The van der Waals surface area contributed by atoms with Gasteiger partial charge in [0.1, 0.15) is 0 Å². The van der Waals surface area contributed by atoms with Crippen molar-refractivity contribution in [1.29, 1.82) is 0 Å². The molecule has 2 aromatic rings. The van der Waals surface area contributed by atoms with Crippen molar-refractivity contribution in [2.75, 3.05) is 26.6 Å². The van der Waals surface area contributed by atoms with E-state index < -0.39 is 0 Å². The highest BCUT2D eigenvalue weighted by Crippen LogP contribution is 2.40. The summed E-state index contributed by atoms with van der Waals surface area (Å²) in [4.78, 5) is 11.5. The minimum atomic E-state index is -0.00931. The van der Waals surface area contributed by atoms with Crippen molar-refractivity contribution in [2.45, 2.75) is 0 Å². The lowest BCUT2D eigenvalue weighted by atomic mass is 10.2. The summed E-state index contributed by atoms with van der Waals surface area (Å²) in [6.45, 7) is 0. The van der Waals surface area contributed by atoms with Gasteiger partial charge in [-0.3, -0.25) is 0 Å². The van der Waals surface area contributed by atoms with E-state index in [0.29, 0.717) is 22.9 Å². The van der Waals surface area contributed by atoms with Crippen LogP contribution in [0.4, 0.5) is 11.6 Å². The molecule has 7 nitrogen and oxygen atoms in total. The zero-order valence-electron chi connectivity index (χ0n) is 11.5. The first-order valence-electron chi connectivity index (χ1n) is 5.71. The maximum absolute atomic E-state index is 5.73. The smallest absolute Gasteiger partial charge is 0.232 e. The third kappa shape index (κ3) is 3.56. The molecule has 1 N–H and O–H groups in total. The number of nitrogens with one attached hydrogen (secondary N) is 1. The second-order valence-electron chi connectivity index (χ2n) is 3.74. The Bertz CT molecular complexity index is 609. The molecule has 1 aromatic carbocycles. The van der Waals surface area contributed by atoms with Gasteiger partial charge in [-0.15, -0.1) is 0 Å². The number of hydrogen-bond acceptors (Lipinski definition) is 7. The van der Waals surface area contributed by atoms with Gasteiger partial charge in [0.15, 0.2) is 11.5 Å². The van der Waals surface area contributed by atoms with E-state index in [4.69, 9.17) is 37.4 Å². The van der Waals surface area contributed by atoms with Crippen LogP contribution in [-0.4, -0.2) is 36.3 Å². The van der Waals surface area contributed by atoms with Crippen LogP contribution in [0.3, 0.4) is 0 Å². The molecule has 0 amide bonds. The monoisotopic (exact) mass is 330 g/mol. The summed E-state index contributed by atoms with van der Waals surface area (Å²) in [7, 11) is 4.58. The fourth-order valence-electron chi connectivity index (χ4n) is 1.66. The first kappa shape index (κ1) is 15.4. The van der Waals surface area contributed by atoms with Crippen LogP contribution in [-0.2, 0) is 0 Å². The van der Waals surface area contributed by atoms with E-state index >= 15 is 0 Å². The molecule has 0 aliphatic rings. The summed E-state index contributed by atoms with van der Waals surface area (Å²) >= 11 is 11.5. The second-order valence-corrected chi connectivity index (χ2v) is 4.41. The van der Waals surface area contributed by atoms with E-state index in [2.05, 4.69) is 20.3 Å². The lowest BCUT2D eigenvalue weighted by Gasteiger charge is -2.14. The zero-order chi connectivity index (χ0) is 15.4. The minimum absolute atomic E-state index is 0.00931. The number of nitrogens with zero attached hydrogens (tertiary/aromatic N) is 3. The van der Waals surface area contributed by atoms with Gasteiger partial charge in [0.2, 0.25) is 22.3 Å². The highest BCUT2D eigenvalue weighted by atomic mass is 35.5. The van der Waals surface area contributed by atoms with Gasteiger partial charge < -0.3 is 19.5 Å². The first-order valence-corrected chi connectivity index (χ1v) is 6.47. The summed E-state index contributed by atoms with van der Waals surface area (Å²) in [5.41, 5.74) is 0.614. The van der Waals surface area contributed by atoms with Crippen molar-refractivity contribution in [1.82, 2.24) is 15.0 Å². The summed E-state index contributed by atoms with van der Waals surface area (Å²) in [6.07, 6.45) is 0. The zero-order valence-corrected chi connectivity index (χ0v) is 13.0. The molecule has 0 fully saturated rings. The summed E-state index contributed by atoms with van der Waals surface area (Å²) in [5, 5.41) is 2.92. The average molecular weight is 331 g/mol. The lowest BCUT2D eigenvalue weighted by Crippen LogP contribution is -2.01. The molecule has 1 heterocycles. The van der Waals surface area contributed by atoms with E-state index in [1.807, 2.05) is 0 Å². The molecule has 0 atom stereocenters. The molecule has 9 heteroatoms. The molecular formula is C12H12Cl2N4O3. The second kappa shape index (κ2) is 6.64. The quantitative estimate of drug-likeness (QED) is 0.902. The van der Waals surface area contributed by atoms with Crippen LogP contribution >= 0.6 is 23.2 Å². The van der Waals surface area contributed by atoms with Gasteiger partial charge in [-0.25, -0.2) is 0 Å². The highest BCUT2D eigenvalue weighted by molar-refractivity contribution is 6.31. The van der Waals surface area contributed by atoms with Crippen LogP contribution in [0.25, 0.3) is 0 Å². The van der Waals surface area contributed by atoms with Gasteiger partial charge in [0, 0.05) is 17.8 Å². The Morgan fingerprint density at radius 3 is 1.81 bits per heavy atom. The predicted octanol–water partition coefficient (Wildman–Crippen LogP) is 2.95. The Labute approximate surface area is 131 Å². The largest absolute Gasteiger partial charge is 0.493 e. The van der Waals surface area contributed by atoms with Crippen LogP contribution in [0.2, 0.25) is 10.6 Å². The molecule has 0 radical (unpaired) electrons. The molecule has 0 aliphatic heterocycles. The van der Waals surface area contributed by atoms with Crippen LogP contribution in [0.1, 0.15) is 0 Å². The van der Waals surface area contributed by atoms with E-state index in [1.54, 1.807) is 12.1 Å². The van der Waals surface area contributed by atoms with Gasteiger partial charge in [-0.05, 0) is 23.2 Å². The van der Waals surface area contributed by atoms with Gasteiger partial charge in [0.05, 0.1) is 21.3 Å². The Morgan fingerprint density at radius 1 is 0.857 bits per heavy atom. The normalized spacial score (nSPS) is 10.1. The van der Waals surface area contributed by atoms with Crippen molar-refractivity contribution in [2.24, 2.45) is 0 Å². The minimum Gasteiger partial charge on any atom is -0.493 e. The molecule has 1 aromatic heterocycles. The van der Waals surface area contributed by atoms with E-state index in [-0.39, 0.29) is 16.5 Å². The molecule has 0 aliphatic carbocycles. The standard InChI is InChI=1S/C12H12Cl2N4O3/c1-19-7-4-6(5-8(20-2)9(7)21-3)15-12-17-10(13)16-11(14)18-12/h4-5H,1-3H3,(H,15,16,17,18). The Kier molecular flexibility index (Phi) is 4.87. The van der Waals surface area contributed by atoms with Crippen LogP contribution in [0.5, 0.6) is 17.2 Å². The summed E-state index contributed by atoms with van der Waals surface area (Å²) < 4.78 is 15.7. The van der Waals surface area contributed by atoms with E-state index in [0.717, 1.165) is 0 Å². The van der Waals surface area contributed by atoms with Crippen molar-refractivity contribution < 1.29 is 14.2 Å². The highest BCUT2D eigenvalue weighted by Gasteiger charge is 2.14.